The van der Waals surface area contributed by atoms with Gasteiger partial charge in [-0.2, -0.15) is 11.8 Å². The van der Waals surface area contributed by atoms with Gasteiger partial charge in [0.1, 0.15) is 0 Å². The molecule has 72 valence electrons. The number of para-hydroxylation sites is 1. The van der Waals surface area contributed by atoms with Crippen LogP contribution >= 0.6 is 27.7 Å². The van der Waals surface area contributed by atoms with Crippen molar-refractivity contribution in [3.8, 4) is 0 Å². The molecule has 0 radical (unpaired) electrons. The molecule has 0 unspecified atom stereocenters. The molecule has 0 fully saturated rings. The van der Waals surface area contributed by atoms with Crippen LogP contribution in [0, 0.1) is 0 Å². The molecule has 0 aromatic heterocycles. The van der Waals surface area contributed by atoms with Gasteiger partial charge in [-0.15, -0.1) is 0 Å². The van der Waals surface area contributed by atoms with Crippen LogP contribution in [0.15, 0.2) is 28.7 Å². The standard InChI is InChI=1S/C10H14BrNS/c1-13-8-4-7-12-10-6-3-2-5-9(10)11/h2-3,5-6,12H,4,7-8H2,1H3. The summed E-state index contributed by atoms with van der Waals surface area (Å²) in [6.45, 7) is 1.05. The molecule has 0 amide bonds. The second-order valence-corrected chi connectivity index (χ2v) is 4.59. The van der Waals surface area contributed by atoms with E-state index in [0.29, 0.717) is 0 Å². The number of hydrogen-bond donors (Lipinski definition) is 1. The Morgan fingerprint density at radius 2 is 2.15 bits per heavy atom. The van der Waals surface area contributed by atoms with Crippen molar-refractivity contribution in [2.75, 3.05) is 23.9 Å². The second-order valence-electron chi connectivity index (χ2n) is 2.75. The maximum Gasteiger partial charge on any atom is 0.0484 e. The van der Waals surface area contributed by atoms with Gasteiger partial charge in [0.05, 0.1) is 0 Å². The molecule has 13 heavy (non-hydrogen) atoms. The van der Waals surface area contributed by atoms with E-state index in [1.54, 1.807) is 0 Å². The van der Waals surface area contributed by atoms with Crippen LogP contribution < -0.4 is 5.32 Å². The quantitative estimate of drug-likeness (QED) is 0.811. The van der Waals surface area contributed by atoms with Crippen LogP contribution in [0.2, 0.25) is 0 Å². The first-order chi connectivity index (χ1) is 6.34. The first-order valence-electron chi connectivity index (χ1n) is 4.32. The van der Waals surface area contributed by atoms with Gasteiger partial charge >= 0.3 is 0 Å². The molecule has 1 aromatic rings. The third kappa shape index (κ3) is 4.05. The summed E-state index contributed by atoms with van der Waals surface area (Å²) in [7, 11) is 0. The van der Waals surface area contributed by atoms with Gasteiger partial charge in [0, 0.05) is 16.7 Å². The summed E-state index contributed by atoms with van der Waals surface area (Å²) in [4.78, 5) is 0. The molecular formula is C10H14BrNS. The monoisotopic (exact) mass is 259 g/mol. The smallest absolute Gasteiger partial charge is 0.0484 e. The molecule has 1 aromatic carbocycles. The topological polar surface area (TPSA) is 12.0 Å². The van der Waals surface area contributed by atoms with Gasteiger partial charge in [-0.3, -0.25) is 0 Å². The van der Waals surface area contributed by atoms with E-state index in [9.17, 15) is 0 Å². The Balaban J connectivity index is 2.32. The van der Waals surface area contributed by atoms with Crippen LogP contribution in [-0.2, 0) is 0 Å². The Morgan fingerprint density at radius 1 is 1.38 bits per heavy atom. The van der Waals surface area contributed by atoms with E-state index in [2.05, 4.69) is 39.6 Å². The number of halogens is 1. The Morgan fingerprint density at radius 3 is 2.85 bits per heavy atom. The summed E-state index contributed by atoms with van der Waals surface area (Å²) in [6.07, 6.45) is 3.35. The van der Waals surface area contributed by atoms with Gasteiger partial charge in [-0.05, 0) is 46.5 Å². The summed E-state index contributed by atoms with van der Waals surface area (Å²) in [5.74, 6) is 1.22. The molecule has 1 N–H and O–H groups in total. The number of thioether (sulfide) groups is 1. The normalized spacial score (nSPS) is 10.0. The minimum absolute atomic E-state index is 1.05. The second kappa shape index (κ2) is 6.33. The van der Waals surface area contributed by atoms with Crippen LogP contribution in [0.3, 0.4) is 0 Å². The van der Waals surface area contributed by atoms with E-state index in [1.165, 1.54) is 17.9 Å². The molecule has 0 aliphatic carbocycles. The van der Waals surface area contributed by atoms with Crippen LogP contribution in [0.5, 0.6) is 0 Å². The van der Waals surface area contributed by atoms with Gasteiger partial charge in [-0.1, -0.05) is 12.1 Å². The first kappa shape index (κ1) is 10.9. The van der Waals surface area contributed by atoms with Crippen LogP contribution in [-0.4, -0.2) is 18.6 Å². The van der Waals surface area contributed by atoms with E-state index in [0.717, 1.165) is 11.0 Å². The molecule has 0 saturated heterocycles. The summed E-state index contributed by atoms with van der Waals surface area (Å²) in [5.41, 5.74) is 1.18. The number of benzene rings is 1. The predicted octanol–water partition coefficient (Wildman–Crippen LogP) is 3.61. The van der Waals surface area contributed by atoms with E-state index in [4.69, 9.17) is 0 Å². The van der Waals surface area contributed by atoms with E-state index >= 15 is 0 Å². The zero-order chi connectivity index (χ0) is 9.52. The Hall–Kier alpha value is -0.150. The van der Waals surface area contributed by atoms with Gasteiger partial charge in [0.25, 0.3) is 0 Å². The minimum Gasteiger partial charge on any atom is -0.384 e. The van der Waals surface area contributed by atoms with Crippen molar-refractivity contribution < 1.29 is 0 Å². The van der Waals surface area contributed by atoms with Crippen molar-refractivity contribution in [2.24, 2.45) is 0 Å². The lowest BCUT2D eigenvalue weighted by molar-refractivity contribution is 0.992. The van der Waals surface area contributed by atoms with Crippen molar-refractivity contribution in [3.63, 3.8) is 0 Å². The zero-order valence-electron chi connectivity index (χ0n) is 7.72. The number of hydrogen-bond acceptors (Lipinski definition) is 2. The van der Waals surface area contributed by atoms with Gasteiger partial charge in [0.2, 0.25) is 0 Å². The lowest BCUT2D eigenvalue weighted by atomic mass is 10.3. The van der Waals surface area contributed by atoms with Crippen molar-refractivity contribution in [2.45, 2.75) is 6.42 Å². The van der Waals surface area contributed by atoms with Crippen LogP contribution in [0.1, 0.15) is 6.42 Å². The third-order valence-corrected chi connectivity index (χ3v) is 3.10. The number of rotatable bonds is 5. The highest BCUT2D eigenvalue weighted by Gasteiger charge is 1.95. The molecule has 0 bridgehead atoms. The van der Waals surface area contributed by atoms with E-state index < -0.39 is 0 Å². The molecule has 0 saturated carbocycles. The van der Waals surface area contributed by atoms with Gasteiger partial charge in [0.15, 0.2) is 0 Å². The molecule has 0 atom stereocenters. The largest absolute Gasteiger partial charge is 0.384 e. The van der Waals surface area contributed by atoms with Crippen molar-refractivity contribution in [3.05, 3.63) is 28.7 Å². The number of nitrogens with one attached hydrogen (secondary N) is 1. The maximum atomic E-state index is 3.50. The fourth-order valence-corrected chi connectivity index (χ4v) is 1.90. The van der Waals surface area contributed by atoms with Gasteiger partial charge < -0.3 is 5.32 Å². The first-order valence-corrected chi connectivity index (χ1v) is 6.50. The lowest BCUT2D eigenvalue weighted by Gasteiger charge is -2.07. The van der Waals surface area contributed by atoms with E-state index in [1.807, 2.05) is 23.9 Å². The summed E-state index contributed by atoms with van der Waals surface area (Å²) in [6, 6.07) is 8.21. The SMILES string of the molecule is CSCCCNc1ccccc1Br. The summed E-state index contributed by atoms with van der Waals surface area (Å²) in [5, 5.41) is 3.39. The maximum absolute atomic E-state index is 3.50. The molecule has 1 rings (SSSR count). The highest BCUT2D eigenvalue weighted by atomic mass is 79.9. The third-order valence-electron chi connectivity index (χ3n) is 1.71. The Kier molecular flexibility index (Phi) is 5.32. The molecule has 0 aliphatic rings. The molecular weight excluding hydrogens is 246 g/mol. The molecule has 1 nitrogen and oxygen atoms in total. The summed E-state index contributed by atoms with van der Waals surface area (Å²) < 4.78 is 1.14. The average Bonchev–Trinajstić information content (AvgIpc) is 2.15. The summed E-state index contributed by atoms with van der Waals surface area (Å²) >= 11 is 5.39. The Bertz CT molecular complexity index is 252. The van der Waals surface area contributed by atoms with Crippen LogP contribution in [0.25, 0.3) is 0 Å². The fraction of sp³-hybridized carbons (Fsp3) is 0.400. The van der Waals surface area contributed by atoms with Crippen LogP contribution in [0.4, 0.5) is 5.69 Å². The number of anilines is 1. The minimum atomic E-state index is 1.05. The molecule has 0 heterocycles. The predicted molar refractivity (Wildman–Crippen MR) is 65.6 cm³/mol. The van der Waals surface area contributed by atoms with Crippen molar-refractivity contribution in [1.82, 2.24) is 0 Å². The zero-order valence-corrected chi connectivity index (χ0v) is 10.1. The fourth-order valence-electron chi connectivity index (χ4n) is 1.04. The highest BCUT2D eigenvalue weighted by molar-refractivity contribution is 9.10. The molecule has 0 spiro atoms. The van der Waals surface area contributed by atoms with Crippen molar-refractivity contribution >= 4 is 33.4 Å². The average molecular weight is 260 g/mol. The molecule has 3 heteroatoms. The van der Waals surface area contributed by atoms with E-state index in [-0.39, 0.29) is 0 Å². The Labute approximate surface area is 92.4 Å². The lowest BCUT2D eigenvalue weighted by Crippen LogP contribution is -2.02. The molecule has 0 aliphatic heterocycles. The van der Waals surface area contributed by atoms with Crippen molar-refractivity contribution in [1.29, 1.82) is 0 Å². The van der Waals surface area contributed by atoms with Gasteiger partial charge in [-0.25, -0.2) is 0 Å². The highest BCUT2D eigenvalue weighted by Crippen LogP contribution is 2.20.